The molecule has 0 aliphatic rings. The smallest absolute Gasteiger partial charge is 0.246 e. The van der Waals surface area contributed by atoms with Crippen LogP contribution in [0.2, 0.25) is 0 Å². The van der Waals surface area contributed by atoms with Crippen LogP contribution >= 0.6 is 0 Å². The first-order chi connectivity index (χ1) is 14.1. The Morgan fingerprint density at radius 1 is 0.633 bits per heavy atom. The lowest BCUT2D eigenvalue weighted by Crippen LogP contribution is -2.31. The van der Waals surface area contributed by atoms with Gasteiger partial charge >= 0.3 is 0 Å². The number of unbranched alkanes of at least 4 members (excludes halogenated alkanes) is 2. The Morgan fingerprint density at radius 2 is 0.933 bits per heavy atom. The van der Waals surface area contributed by atoms with E-state index in [0.717, 1.165) is 13.1 Å². The molecule has 0 amide bonds. The van der Waals surface area contributed by atoms with Gasteiger partial charge in [-0.05, 0) is 0 Å². The SMILES string of the molecule is CCCC[n+]1ccccc1.CCCC[n+]1ccccc1.O=S(=O)([O-])OOS(=O)(=O)[O-]. The Morgan fingerprint density at radius 3 is 1.17 bits per heavy atom. The zero-order valence-corrected chi connectivity index (χ0v) is 18.6. The number of hydrogen-bond acceptors (Lipinski definition) is 8. The molecule has 10 nitrogen and oxygen atoms in total. The second-order valence-corrected chi connectivity index (χ2v) is 7.79. The molecular weight excluding hydrogens is 436 g/mol. The molecular formula is C18H28N2O8S2. The number of pyridine rings is 2. The quantitative estimate of drug-likeness (QED) is 0.178. The highest BCUT2D eigenvalue weighted by molar-refractivity contribution is 7.83. The van der Waals surface area contributed by atoms with E-state index in [9.17, 15) is 25.9 Å². The summed E-state index contributed by atoms with van der Waals surface area (Å²) >= 11 is 0. The molecule has 0 aliphatic carbocycles. The highest BCUT2D eigenvalue weighted by Gasteiger charge is 2.00. The van der Waals surface area contributed by atoms with Gasteiger partial charge < -0.3 is 9.11 Å². The van der Waals surface area contributed by atoms with Gasteiger partial charge in [-0.3, -0.25) is 0 Å². The molecule has 0 spiro atoms. The molecule has 0 radical (unpaired) electrons. The monoisotopic (exact) mass is 464 g/mol. The standard InChI is InChI=1S/2C9H14N.H2O8S2/c2*1-2-3-7-10-8-5-4-6-9-10;1-9(2,3)7-8-10(4,5)6/h2*4-6,8-9H,2-3,7H2,1H3;(H,1,2,3)(H,4,5,6)/q2*+1;/p-2. The normalized spacial score (nSPS) is 10.9. The predicted molar refractivity (Wildman–Crippen MR) is 105 cm³/mol. The maximum atomic E-state index is 9.37. The average molecular weight is 465 g/mol. The minimum atomic E-state index is -5.31. The molecule has 2 aromatic rings. The van der Waals surface area contributed by atoms with Gasteiger partial charge in [-0.15, -0.1) is 8.67 Å². The van der Waals surface area contributed by atoms with E-state index in [0.29, 0.717) is 0 Å². The average Bonchev–Trinajstić information content (AvgIpc) is 2.71. The number of hydrogen-bond donors (Lipinski definition) is 0. The number of aromatic nitrogens is 2. The van der Waals surface area contributed by atoms with Crippen LogP contribution in [0.25, 0.3) is 0 Å². The van der Waals surface area contributed by atoms with Crippen molar-refractivity contribution in [2.24, 2.45) is 0 Å². The third-order valence-corrected chi connectivity index (χ3v) is 3.84. The molecule has 0 atom stereocenters. The van der Waals surface area contributed by atoms with Crippen LogP contribution < -0.4 is 9.13 Å². The molecule has 0 aromatic carbocycles. The maximum absolute atomic E-state index is 9.37. The van der Waals surface area contributed by atoms with E-state index in [1.54, 1.807) is 0 Å². The number of aryl methyl sites for hydroxylation is 2. The summed E-state index contributed by atoms with van der Waals surface area (Å²) < 4.78 is 65.9. The maximum Gasteiger partial charge on any atom is 0.246 e. The Bertz CT molecular complexity index is 801. The minimum Gasteiger partial charge on any atom is -0.724 e. The van der Waals surface area contributed by atoms with E-state index < -0.39 is 20.8 Å². The second kappa shape index (κ2) is 15.8. The van der Waals surface area contributed by atoms with Crippen molar-refractivity contribution in [1.29, 1.82) is 0 Å². The van der Waals surface area contributed by atoms with Crippen LogP contribution in [-0.2, 0) is 42.6 Å². The third-order valence-electron chi connectivity index (χ3n) is 3.29. The first kappa shape index (κ1) is 28.0. The highest BCUT2D eigenvalue weighted by atomic mass is 32.3. The second-order valence-electron chi connectivity index (χ2n) is 5.89. The van der Waals surface area contributed by atoms with Crippen molar-refractivity contribution in [3.8, 4) is 0 Å². The van der Waals surface area contributed by atoms with Gasteiger partial charge in [0.15, 0.2) is 24.8 Å². The highest BCUT2D eigenvalue weighted by Crippen LogP contribution is 1.92. The van der Waals surface area contributed by atoms with Crippen LogP contribution in [0.5, 0.6) is 0 Å². The van der Waals surface area contributed by atoms with Gasteiger partial charge in [0.05, 0.1) is 0 Å². The molecule has 2 aromatic heterocycles. The fourth-order valence-corrected chi connectivity index (χ4v) is 2.46. The molecule has 12 heteroatoms. The Kier molecular flexibility index (Phi) is 14.8. The van der Waals surface area contributed by atoms with Gasteiger partial charge in [-0.1, -0.05) is 38.8 Å². The number of nitrogens with zero attached hydrogens (tertiary/aromatic N) is 2. The molecule has 0 bridgehead atoms. The fourth-order valence-electron chi connectivity index (χ4n) is 1.92. The van der Waals surface area contributed by atoms with Crippen LogP contribution in [0.3, 0.4) is 0 Å². The minimum absolute atomic E-state index is 1.15. The van der Waals surface area contributed by atoms with Gasteiger partial charge in [0, 0.05) is 37.1 Å². The Hall–Kier alpha value is -1.96. The van der Waals surface area contributed by atoms with Crippen LogP contribution in [-0.4, -0.2) is 25.9 Å². The van der Waals surface area contributed by atoms with Crippen LogP contribution in [0.1, 0.15) is 39.5 Å². The van der Waals surface area contributed by atoms with Gasteiger partial charge in [0.1, 0.15) is 13.1 Å². The Balaban J connectivity index is 0.000000420. The van der Waals surface area contributed by atoms with E-state index in [-0.39, 0.29) is 0 Å². The van der Waals surface area contributed by atoms with Crippen molar-refractivity contribution in [2.45, 2.75) is 52.6 Å². The van der Waals surface area contributed by atoms with Crippen molar-refractivity contribution < 1.29 is 43.7 Å². The van der Waals surface area contributed by atoms with Gasteiger partial charge in [0.2, 0.25) is 20.8 Å². The Labute approximate surface area is 178 Å². The zero-order valence-electron chi connectivity index (χ0n) is 17.0. The van der Waals surface area contributed by atoms with E-state index in [4.69, 9.17) is 0 Å². The molecule has 0 saturated heterocycles. The summed E-state index contributed by atoms with van der Waals surface area (Å²) in [5.74, 6) is 0. The predicted octanol–water partition coefficient (Wildman–Crippen LogP) is 1.40. The molecule has 30 heavy (non-hydrogen) atoms. The van der Waals surface area contributed by atoms with Crippen molar-refractivity contribution in [3.05, 3.63) is 61.2 Å². The summed E-state index contributed by atoms with van der Waals surface area (Å²) in [7, 11) is -10.6. The van der Waals surface area contributed by atoms with Crippen LogP contribution in [0.15, 0.2) is 61.2 Å². The van der Waals surface area contributed by atoms with Crippen molar-refractivity contribution in [2.75, 3.05) is 0 Å². The lowest BCUT2D eigenvalue weighted by Gasteiger charge is -2.07. The van der Waals surface area contributed by atoms with Gasteiger partial charge in [-0.2, -0.15) is 0 Å². The van der Waals surface area contributed by atoms with Crippen molar-refractivity contribution in [1.82, 2.24) is 0 Å². The molecule has 170 valence electrons. The molecule has 0 saturated carbocycles. The van der Waals surface area contributed by atoms with Gasteiger partial charge in [-0.25, -0.2) is 26.0 Å². The fraction of sp³-hybridized carbons (Fsp3) is 0.444. The molecule has 0 aliphatic heterocycles. The zero-order chi connectivity index (χ0) is 22.9. The summed E-state index contributed by atoms with van der Waals surface area (Å²) in [6, 6.07) is 12.3. The summed E-state index contributed by atoms with van der Waals surface area (Å²) in [4.78, 5) is 0. The van der Waals surface area contributed by atoms with Gasteiger partial charge in [0.25, 0.3) is 0 Å². The lowest BCUT2D eigenvalue weighted by atomic mass is 10.3. The topological polar surface area (TPSA) is 141 Å². The molecule has 0 fully saturated rings. The lowest BCUT2D eigenvalue weighted by molar-refractivity contribution is -0.697. The molecule has 0 N–H and O–H groups in total. The van der Waals surface area contributed by atoms with E-state index in [2.05, 4.69) is 80.7 Å². The largest absolute Gasteiger partial charge is 0.724 e. The van der Waals surface area contributed by atoms with E-state index in [1.165, 1.54) is 25.7 Å². The summed E-state index contributed by atoms with van der Waals surface area (Å²) in [6.07, 6.45) is 13.5. The molecule has 2 heterocycles. The van der Waals surface area contributed by atoms with Crippen molar-refractivity contribution in [3.63, 3.8) is 0 Å². The molecule has 2 rings (SSSR count). The van der Waals surface area contributed by atoms with Crippen molar-refractivity contribution >= 4 is 20.8 Å². The number of rotatable bonds is 9. The summed E-state index contributed by atoms with van der Waals surface area (Å²) in [5.41, 5.74) is 0. The third kappa shape index (κ3) is 19.4. The van der Waals surface area contributed by atoms with Crippen LogP contribution in [0, 0.1) is 0 Å². The van der Waals surface area contributed by atoms with E-state index >= 15 is 0 Å². The molecule has 0 unspecified atom stereocenters. The first-order valence-corrected chi connectivity index (χ1v) is 11.9. The summed E-state index contributed by atoms with van der Waals surface area (Å²) in [6.45, 7) is 6.72. The van der Waals surface area contributed by atoms with Crippen LogP contribution in [0.4, 0.5) is 0 Å². The van der Waals surface area contributed by atoms with E-state index in [1.807, 2.05) is 12.1 Å². The first-order valence-electron chi connectivity index (χ1n) is 9.25. The summed E-state index contributed by atoms with van der Waals surface area (Å²) in [5, 5.41) is 0.